The summed E-state index contributed by atoms with van der Waals surface area (Å²) in [7, 11) is 1.48. The van der Waals surface area contributed by atoms with E-state index >= 15 is 0 Å². The number of hydrogen-bond donors (Lipinski definition) is 0. The van der Waals surface area contributed by atoms with Crippen LogP contribution in [0.4, 0.5) is 8.78 Å². The van der Waals surface area contributed by atoms with Crippen molar-refractivity contribution >= 4 is 40.7 Å². The molecule has 0 atom stereocenters. The lowest BCUT2D eigenvalue weighted by molar-refractivity contribution is 0.0809. The molecule has 1 aliphatic rings. The first kappa shape index (κ1) is 19.9. The quantitative estimate of drug-likeness (QED) is 0.597. The first-order valence-corrected chi connectivity index (χ1v) is 9.05. The van der Waals surface area contributed by atoms with Gasteiger partial charge in [0.15, 0.2) is 5.75 Å². The zero-order chi connectivity index (χ0) is 19.7. The number of amides is 1. The Morgan fingerprint density at radius 1 is 1.30 bits per heavy atom. The number of benzene rings is 1. The largest absolute Gasteiger partial charge is 0.460 e. The first-order chi connectivity index (χ1) is 12.8. The van der Waals surface area contributed by atoms with Crippen LogP contribution in [0.1, 0.15) is 35.3 Å². The molecule has 0 aliphatic carbocycles. The van der Waals surface area contributed by atoms with E-state index in [1.54, 1.807) is 0 Å². The summed E-state index contributed by atoms with van der Waals surface area (Å²) in [4.78, 5) is 14.1. The summed E-state index contributed by atoms with van der Waals surface area (Å²) in [6.07, 6.45) is 1.01. The smallest absolute Gasteiger partial charge is 0.282 e. The highest BCUT2D eigenvalue weighted by Gasteiger charge is 2.30. The van der Waals surface area contributed by atoms with Crippen LogP contribution in [0.2, 0.25) is 15.1 Å². The third-order valence-electron chi connectivity index (χ3n) is 3.98. The molecule has 1 amide bonds. The normalized spacial score (nSPS) is 15.8. The van der Waals surface area contributed by atoms with Gasteiger partial charge in [-0.2, -0.15) is 5.10 Å². The number of allylic oxidation sites excluding steroid dienone is 1. The van der Waals surface area contributed by atoms with Crippen molar-refractivity contribution in [2.75, 3.05) is 6.54 Å². The molecule has 2 heterocycles. The van der Waals surface area contributed by atoms with Crippen molar-refractivity contribution in [3.05, 3.63) is 56.6 Å². The second-order valence-corrected chi connectivity index (χ2v) is 7.14. The summed E-state index contributed by atoms with van der Waals surface area (Å²) in [5.74, 6) is -0.358. The minimum atomic E-state index is -2.84. The second kappa shape index (κ2) is 8.04. The minimum Gasteiger partial charge on any atom is -0.460 e. The highest BCUT2D eigenvalue weighted by molar-refractivity contribution is 6.40. The van der Waals surface area contributed by atoms with Crippen molar-refractivity contribution in [2.24, 2.45) is 7.05 Å². The van der Waals surface area contributed by atoms with Gasteiger partial charge in [-0.15, -0.1) is 0 Å². The maximum absolute atomic E-state index is 13.2. The van der Waals surface area contributed by atoms with Gasteiger partial charge < -0.3 is 9.64 Å². The van der Waals surface area contributed by atoms with E-state index in [1.807, 2.05) is 0 Å². The lowest BCUT2D eigenvalue weighted by Gasteiger charge is -2.18. The maximum atomic E-state index is 13.2. The van der Waals surface area contributed by atoms with Crippen LogP contribution in [0.25, 0.3) is 0 Å². The Bertz CT molecular complexity index is 892. The maximum Gasteiger partial charge on any atom is 0.282 e. The van der Waals surface area contributed by atoms with Crippen molar-refractivity contribution < 1.29 is 18.3 Å². The van der Waals surface area contributed by atoms with Gasteiger partial charge in [-0.25, -0.2) is 8.78 Å². The van der Waals surface area contributed by atoms with Crippen LogP contribution < -0.4 is 4.74 Å². The van der Waals surface area contributed by atoms with E-state index in [9.17, 15) is 13.6 Å². The summed E-state index contributed by atoms with van der Waals surface area (Å²) >= 11 is 18.0. The number of aromatic nitrogens is 2. The van der Waals surface area contributed by atoms with Gasteiger partial charge in [0.05, 0.1) is 21.3 Å². The molecule has 1 aromatic heterocycles. The van der Waals surface area contributed by atoms with Crippen molar-refractivity contribution in [1.29, 1.82) is 0 Å². The Labute approximate surface area is 169 Å². The molecule has 0 spiro atoms. The van der Waals surface area contributed by atoms with Crippen LogP contribution in [0.15, 0.2) is 30.3 Å². The van der Waals surface area contributed by atoms with Crippen LogP contribution >= 0.6 is 34.8 Å². The van der Waals surface area contributed by atoms with Gasteiger partial charge in [-0.05, 0) is 25.0 Å². The van der Waals surface area contributed by atoms with Crippen LogP contribution in [-0.2, 0) is 7.05 Å². The molecule has 1 fully saturated rings. The molecule has 10 heteroatoms. The van der Waals surface area contributed by atoms with Gasteiger partial charge in [0.2, 0.25) is 0 Å². The molecule has 0 N–H and O–H groups in total. The number of halogens is 5. The number of nitrogens with zero attached hydrogens (tertiary/aromatic N) is 3. The molecule has 0 radical (unpaired) electrons. The average Bonchev–Trinajstić information content (AvgIpc) is 3.19. The van der Waals surface area contributed by atoms with E-state index in [-0.39, 0.29) is 21.4 Å². The molecule has 144 valence electrons. The first-order valence-electron chi connectivity index (χ1n) is 7.91. The average molecular weight is 437 g/mol. The van der Waals surface area contributed by atoms with E-state index in [2.05, 4.69) is 5.10 Å². The Morgan fingerprint density at radius 3 is 2.59 bits per heavy atom. The fraction of sp³-hybridized carbons (Fsp3) is 0.294. The van der Waals surface area contributed by atoms with Gasteiger partial charge in [0.25, 0.3) is 12.3 Å². The van der Waals surface area contributed by atoms with E-state index < -0.39 is 18.0 Å². The SMILES string of the molecule is Cn1cc(C(=O)N2CCC/C2=C\Oc2c(Cl)cc(Cl)cc2Cl)c(C(F)F)n1. The third-order valence-corrected chi connectivity index (χ3v) is 4.76. The molecule has 27 heavy (non-hydrogen) atoms. The Hall–Kier alpha value is -1.83. The third kappa shape index (κ3) is 4.20. The highest BCUT2D eigenvalue weighted by Crippen LogP contribution is 2.37. The van der Waals surface area contributed by atoms with Gasteiger partial charge in [-0.3, -0.25) is 9.48 Å². The monoisotopic (exact) mass is 435 g/mol. The zero-order valence-corrected chi connectivity index (χ0v) is 16.3. The molecule has 5 nitrogen and oxygen atoms in total. The van der Waals surface area contributed by atoms with Gasteiger partial charge in [0, 0.05) is 24.8 Å². The Kier molecular flexibility index (Phi) is 5.93. The summed E-state index contributed by atoms with van der Waals surface area (Å²) in [6.45, 7) is 0.383. The number of ether oxygens (including phenoxy) is 1. The van der Waals surface area contributed by atoms with Crippen LogP contribution in [0.5, 0.6) is 5.75 Å². The minimum absolute atomic E-state index is 0.136. The summed E-state index contributed by atoms with van der Waals surface area (Å²) in [5.41, 5.74) is -0.146. The lowest BCUT2D eigenvalue weighted by atomic mass is 10.2. The van der Waals surface area contributed by atoms with E-state index in [4.69, 9.17) is 39.5 Å². The van der Waals surface area contributed by atoms with Gasteiger partial charge in [0.1, 0.15) is 12.0 Å². The number of rotatable bonds is 4. The molecule has 0 unspecified atom stereocenters. The van der Waals surface area contributed by atoms with Crippen LogP contribution in [0.3, 0.4) is 0 Å². The molecule has 1 aliphatic heterocycles. The highest BCUT2D eigenvalue weighted by atomic mass is 35.5. The van der Waals surface area contributed by atoms with Crippen molar-refractivity contribution in [3.8, 4) is 5.75 Å². The molecule has 0 bridgehead atoms. The number of hydrogen-bond acceptors (Lipinski definition) is 3. The van der Waals surface area contributed by atoms with E-state index in [1.165, 1.54) is 41.2 Å². The Balaban J connectivity index is 1.86. The zero-order valence-electron chi connectivity index (χ0n) is 14.1. The number of aryl methyl sites for hydroxylation is 1. The van der Waals surface area contributed by atoms with E-state index in [0.29, 0.717) is 30.1 Å². The van der Waals surface area contributed by atoms with Gasteiger partial charge >= 0.3 is 0 Å². The second-order valence-electron chi connectivity index (χ2n) is 5.89. The van der Waals surface area contributed by atoms with Gasteiger partial charge in [-0.1, -0.05) is 34.8 Å². The van der Waals surface area contributed by atoms with Crippen LogP contribution in [-0.4, -0.2) is 27.1 Å². The Morgan fingerprint density at radius 2 is 1.96 bits per heavy atom. The number of carbonyl (C=O) groups is 1. The predicted octanol–water partition coefficient (Wildman–Crippen LogP) is 5.47. The summed E-state index contributed by atoms with van der Waals surface area (Å²) in [6, 6.07) is 2.95. The molecule has 1 aromatic carbocycles. The van der Waals surface area contributed by atoms with Crippen molar-refractivity contribution in [2.45, 2.75) is 19.3 Å². The molecule has 0 saturated carbocycles. The molecule has 2 aromatic rings. The molecule has 1 saturated heterocycles. The fourth-order valence-electron chi connectivity index (χ4n) is 2.80. The number of alkyl halides is 2. The standard InChI is InChI=1S/C17H14Cl3F2N3O2/c1-24-7-11(14(23-24)16(21)22)17(26)25-4-2-3-10(25)8-27-15-12(19)5-9(18)6-13(15)20/h5-8,16H,2-4H2,1H3/b10-8+. The summed E-state index contributed by atoms with van der Waals surface area (Å²) in [5, 5.41) is 4.46. The molecular formula is C17H14Cl3F2N3O2. The molecular weight excluding hydrogens is 423 g/mol. The number of carbonyl (C=O) groups excluding carboxylic acids is 1. The number of likely N-dealkylation sites (tertiary alicyclic amines) is 1. The van der Waals surface area contributed by atoms with E-state index in [0.717, 1.165) is 0 Å². The fourth-order valence-corrected chi connectivity index (χ4v) is 3.70. The molecule has 3 rings (SSSR count). The lowest BCUT2D eigenvalue weighted by Crippen LogP contribution is -2.27. The predicted molar refractivity (Wildman–Crippen MR) is 98.6 cm³/mol. The van der Waals surface area contributed by atoms with Crippen molar-refractivity contribution in [1.82, 2.24) is 14.7 Å². The topological polar surface area (TPSA) is 47.4 Å². The van der Waals surface area contributed by atoms with Crippen LogP contribution in [0, 0.1) is 0 Å². The van der Waals surface area contributed by atoms with Crippen molar-refractivity contribution in [3.63, 3.8) is 0 Å². The summed E-state index contributed by atoms with van der Waals surface area (Å²) < 4.78 is 33.1.